The fraction of sp³-hybridized carbons (Fsp3) is 0.207. The van der Waals surface area contributed by atoms with E-state index in [1.54, 1.807) is 32.5 Å². The van der Waals surface area contributed by atoms with Crippen molar-refractivity contribution in [1.29, 1.82) is 0 Å². The first-order valence-corrected chi connectivity index (χ1v) is 12.6. The Morgan fingerprint density at radius 1 is 1.05 bits per heavy atom. The molecule has 39 heavy (non-hydrogen) atoms. The summed E-state index contributed by atoms with van der Waals surface area (Å²) < 4.78 is 5.68. The summed E-state index contributed by atoms with van der Waals surface area (Å²) in [5.74, 6) is 0.870. The van der Waals surface area contributed by atoms with Crippen molar-refractivity contribution in [3.63, 3.8) is 0 Å². The van der Waals surface area contributed by atoms with Gasteiger partial charge in [-0.1, -0.05) is 18.7 Å². The monoisotopic (exact) mass is 523 g/mol. The average Bonchev–Trinajstić information content (AvgIpc) is 2.97. The van der Waals surface area contributed by atoms with Crippen LogP contribution in [0.25, 0.3) is 22.2 Å². The van der Waals surface area contributed by atoms with E-state index in [0.717, 1.165) is 35.4 Å². The molecule has 198 valence electrons. The number of ether oxygens (including phenoxy) is 1. The van der Waals surface area contributed by atoms with Gasteiger partial charge in [-0.05, 0) is 36.4 Å². The van der Waals surface area contributed by atoms with E-state index >= 15 is 0 Å². The lowest BCUT2D eigenvalue weighted by Gasteiger charge is -2.35. The first kappa shape index (κ1) is 25.7. The van der Waals surface area contributed by atoms with Gasteiger partial charge in [0.2, 0.25) is 17.8 Å². The van der Waals surface area contributed by atoms with Gasteiger partial charge < -0.3 is 25.2 Å². The van der Waals surface area contributed by atoms with E-state index in [2.05, 4.69) is 32.1 Å². The molecular formula is C29H29N7O3. The van der Waals surface area contributed by atoms with Gasteiger partial charge in [-0.3, -0.25) is 14.6 Å². The number of hydrogen-bond acceptors (Lipinski definition) is 8. The number of pyridine rings is 1. The molecule has 3 heterocycles. The normalized spacial score (nSPS) is 13.2. The molecule has 2 aromatic heterocycles. The van der Waals surface area contributed by atoms with E-state index < -0.39 is 0 Å². The maximum absolute atomic E-state index is 11.8. The van der Waals surface area contributed by atoms with Crippen molar-refractivity contribution in [3.8, 4) is 17.0 Å². The molecule has 10 nitrogen and oxygen atoms in total. The number of piperazine rings is 1. The Morgan fingerprint density at radius 3 is 2.62 bits per heavy atom. The first-order chi connectivity index (χ1) is 18.9. The summed E-state index contributed by atoms with van der Waals surface area (Å²) in [4.78, 5) is 41.4. The van der Waals surface area contributed by atoms with Crippen LogP contribution in [0.2, 0.25) is 0 Å². The van der Waals surface area contributed by atoms with Gasteiger partial charge in [-0.15, -0.1) is 0 Å². The molecule has 1 fully saturated rings. The fourth-order valence-corrected chi connectivity index (χ4v) is 4.54. The number of fused-ring (bicyclic) bond motifs is 1. The molecule has 5 rings (SSSR count). The number of nitrogens with one attached hydrogen (secondary N) is 2. The Labute approximate surface area is 226 Å². The second-order valence-electron chi connectivity index (χ2n) is 9.07. The van der Waals surface area contributed by atoms with Gasteiger partial charge in [0, 0.05) is 73.9 Å². The summed E-state index contributed by atoms with van der Waals surface area (Å²) in [5.41, 5.74) is 4.52. The number of nitrogens with zero attached hydrogens (tertiary/aromatic N) is 5. The number of anilines is 4. The van der Waals surface area contributed by atoms with Crippen LogP contribution >= 0.6 is 0 Å². The molecule has 1 saturated heterocycles. The number of carbonyl (C=O) groups excluding carboxylic acids is 2. The van der Waals surface area contributed by atoms with Crippen LogP contribution in [-0.2, 0) is 9.59 Å². The van der Waals surface area contributed by atoms with Gasteiger partial charge in [-0.2, -0.15) is 0 Å². The van der Waals surface area contributed by atoms with Crippen molar-refractivity contribution in [2.45, 2.75) is 6.92 Å². The summed E-state index contributed by atoms with van der Waals surface area (Å²) in [6.07, 6.45) is 4.68. The number of methoxy groups -OCH3 is 1. The Hall–Kier alpha value is -4.99. The van der Waals surface area contributed by atoms with E-state index in [1.807, 2.05) is 47.4 Å². The zero-order valence-corrected chi connectivity index (χ0v) is 21.8. The van der Waals surface area contributed by atoms with Gasteiger partial charge in [0.25, 0.3) is 0 Å². The van der Waals surface area contributed by atoms with Gasteiger partial charge >= 0.3 is 0 Å². The highest BCUT2D eigenvalue weighted by Gasteiger charge is 2.20. The Kier molecular flexibility index (Phi) is 7.35. The van der Waals surface area contributed by atoms with Gasteiger partial charge in [0.1, 0.15) is 11.3 Å². The topological polar surface area (TPSA) is 113 Å². The summed E-state index contributed by atoms with van der Waals surface area (Å²) in [6.45, 7) is 8.02. The lowest BCUT2D eigenvalue weighted by molar-refractivity contribution is -0.129. The number of amides is 2. The summed E-state index contributed by atoms with van der Waals surface area (Å²) in [7, 11) is 1.62. The molecular weight excluding hydrogens is 494 g/mol. The molecule has 1 aliphatic rings. The maximum atomic E-state index is 11.8. The molecule has 0 bridgehead atoms. The predicted molar refractivity (Wildman–Crippen MR) is 152 cm³/mol. The molecule has 0 unspecified atom stereocenters. The van der Waals surface area contributed by atoms with Crippen molar-refractivity contribution in [2.75, 3.05) is 48.8 Å². The van der Waals surface area contributed by atoms with Crippen molar-refractivity contribution in [3.05, 3.63) is 73.6 Å². The van der Waals surface area contributed by atoms with Crippen LogP contribution in [0, 0.1) is 0 Å². The van der Waals surface area contributed by atoms with Crippen molar-refractivity contribution in [1.82, 2.24) is 19.9 Å². The highest BCUT2D eigenvalue weighted by atomic mass is 16.5. The average molecular weight is 524 g/mol. The quantitative estimate of drug-likeness (QED) is 0.346. The van der Waals surface area contributed by atoms with Gasteiger partial charge in [0.15, 0.2) is 0 Å². The molecule has 2 N–H and O–H groups in total. The first-order valence-electron chi connectivity index (χ1n) is 12.6. The minimum absolute atomic E-state index is 0.104. The molecule has 1 aliphatic heterocycles. The minimum atomic E-state index is -0.287. The molecule has 2 aromatic carbocycles. The minimum Gasteiger partial charge on any atom is -0.494 e. The Bertz CT molecular complexity index is 1550. The van der Waals surface area contributed by atoms with E-state index in [0.29, 0.717) is 41.7 Å². The van der Waals surface area contributed by atoms with Gasteiger partial charge in [0.05, 0.1) is 18.5 Å². The van der Waals surface area contributed by atoms with E-state index in [1.165, 1.54) is 6.08 Å². The third kappa shape index (κ3) is 5.64. The molecule has 10 heteroatoms. The standard InChI is InChI=1S/C29H29N7O3/c1-4-26(38)32-22-7-5-6-20(16-22)27-28-21(10-11-30-27)18-31-29(34-28)33-24-9-8-23(17-25(24)39-3)36-14-12-35(13-15-36)19(2)37/h4-11,16-18H,1,12-15H2,2-3H3,(H,32,38)(H,31,33,34). The molecule has 2 amide bonds. The predicted octanol–water partition coefficient (Wildman–Crippen LogP) is 4.24. The number of aromatic nitrogens is 3. The van der Waals surface area contributed by atoms with Crippen molar-refractivity contribution >= 4 is 45.7 Å². The van der Waals surface area contributed by atoms with Crippen LogP contribution < -0.4 is 20.3 Å². The second kappa shape index (κ2) is 11.2. The number of hydrogen-bond donors (Lipinski definition) is 2. The summed E-state index contributed by atoms with van der Waals surface area (Å²) in [6, 6.07) is 15.2. The summed E-state index contributed by atoms with van der Waals surface area (Å²) in [5, 5.41) is 6.89. The largest absolute Gasteiger partial charge is 0.494 e. The third-order valence-corrected chi connectivity index (χ3v) is 6.61. The van der Waals surface area contributed by atoms with E-state index in [-0.39, 0.29) is 11.8 Å². The molecule has 0 aliphatic carbocycles. The van der Waals surface area contributed by atoms with Crippen molar-refractivity contribution < 1.29 is 14.3 Å². The molecule has 0 saturated carbocycles. The number of benzene rings is 2. The Morgan fingerprint density at radius 2 is 1.87 bits per heavy atom. The highest BCUT2D eigenvalue weighted by Crippen LogP contribution is 2.33. The lowest BCUT2D eigenvalue weighted by Crippen LogP contribution is -2.48. The fourth-order valence-electron chi connectivity index (χ4n) is 4.54. The maximum Gasteiger partial charge on any atom is 0.247 e. The molecule has 0 atom stereocenters. The Balaban J connectivity index is 1.41. The zero-order chi connectivity index (χ0) is 27.4. The SMILES string of the molecule is C=CC(=O)Nc1cccc(-c2nccc3cnc(Nc4ccc(N5CCN(C(C)=O)CC5)cc4OC)nc23)c1. The highest BCUT2D eigenvalue weighted by molar-refractivity contribution is 5.99. The van der Waals surface area contributed by atoms with Crippen molar-refractivity contribution in [2.24, 2.45) is 0 Å². The smallest absolute Gasteiger partial charge is 0.247 e. The molecule has 0 spiro atoms. The summed E-state index contributed by atoms with van der Waals surface area (Å²) >= 11 is 0. The van der Waals surface area contributed by atoms with E-state index in [4.69, 9.17) is 9.72 Å². The van der Waals surface area contributed by atoms with E-state index in [9.17, 15) is 9.59 Å². The second-order valence-corrected chi connectivity index (χ2v) is 9.07. The number of carbonyl (C=O) groups is 2. The number of rotatable bonds is 7. The van der Waals surface area contributed by atoms with Crippen LogP contribution in [0.5, 0.6) is 5.75 Å². The molecule has 0 radical (unpaired) electrons. The lowest BCUT2D eigenvalue weighted by atomic mass is 10.1. The third-order valence-electron chi connectivity index (χ3n) is 6.61. The van der Waals surface area contributed by atoms with Gasteiger partial charge in [-0.25, -0.2) is 9.97 Å². The van der Waals surface area contributed by atoms with Crippen LogP contribution in [0.15, 0.2) is 73.6 Å². The zero-order valence-electron chi connectivity index (χ0n) is 21.8. The molecule has 4 aromatic rings. The van der Waals surface area contributed by atoms with Crippen LogP contribution in [0.1, 0.15) is 6.92 Å². The van der Waals surface area contributed by atoms with Crippen LogP contribution in [-0.4, -0.2) is 65.0 Å². The van der Waals surface area contributed by atoms with Crippen LogP contribution in [0.3, 0.4) is 0 Å². The van der Waals surface area contributed by atoms with Crippen LogP contribution in [0.4, 0.5) is 23.0 Å².